The predicted octanol–water partition coefficient (Wildman–Crippen LogP) is 5.24. The van der Waals surface area contributed by atoms with Crippen LogP contribution in [0.4, 0.5) is 0 Å². The Morgan fingerprint density at radius 1 is 1.08 bits per heavy atom. The van der Waals surface area contributed by atoms with Crippen molar-refractivity contribution in [3.05, 3.63) is 65.4 Å². The molecule has 8 heteroatoms. The Labute approximate surface area is 216 Å². The van der Waals surface area contributed by atoms with Crippen molar-refractivity contribution in [3.8, 4) is 34.1 Å². The Balaban J connectivity index is 1.34. The zero-order chi connectivity index (χ0) is 25.9. The normalized spacial score (nSPS) is 14.8. The molecule has 192 valence electrons. The number of hydrogen-bond donors (Lipinski definition) is 1. The molecule has 0 aliphatic carbocycles. The lowest BCUT2D eigenvalue weighted by Gasteiger charge is -2.30. The Morgan fingerprint density at radius 3 is 2.43 bits per heavy atom. The van der Waals surface area contributed by atoms with Crippen LogP contribution in [0.25, 0.3) is 34.1 Å². The smallest absolute Gasteiger partial charge is 0.306 e. The predicted molar refractivity (Wildman–Crippen MR) is 142 cm³/mol. The molecule has 4 aromatic rings. The van der Waals surface area contributed by atoms with Gasteiger partial charge in [-0.3, -0.25) is 9.48 Å². The van der Waals surface area contributed by atoms with Gasteiger partial charge in [0.15, 0.2) is 5.69 Å². The molecule has 37 heavy (non-hydrogen) atoms. The summed E-state index contributed by atoms with van der Waals surface area (Å²) in [6, 6.07) is 14.4. The number of carboxylic acids is 1. The second-order valence-electron chi connectivity index (χ2n) is 9.83. The molecule has 8 nitrogen and oxygen atoms in total. The van der Waals surface area contributed by atoms with Crippen LogP contribution >= 0.6 is 0 Å². The van der Waals surface area contributed by atoms with Crippen LogP contribution in [-0.4, -0.2) is 55.5 Å². The molecular formula is C29H33N5O3. The summed E-state index contributed by atoms with van der Waals surface area (Å²) in [5.74, 6) is 0.0960. The molecule has 3 heterocycles. The first-order valence-electron chi connectivity index (χ1n) is 13.0. The van der Waals surface area contributed by atoms with E-state index in [0.29, 0.717) is 17.4 Å². The van der Waals surface area contributed by atoms with E-state index in [2.05, 4.69) is 55.1 Å². The minimum atomic E-state index is -0.665. The molecule has 0 unspecified atom stereocenters. The zero-order valence-corrected chi connectivity index (χ0v) is 21.6. The van der Waals surface area contributed by atoms with Gasteiger partial charge in [-0.05, 0) is 87.5 Å². The van der Waals surface area contributed by atoms with Crippen molar-refractivity contribution >= 4 is 5.97 Å². The van der Waals surface area contributed by atoms with Crippen molar-refractivity contribution in [2.45, 2.75) is 46.6 Å². The molecule has 5 rings (SSSR count). The average Bonchev–Trinajstić information content (AvgIpc) is 3.56. The van der Waals surface area contributed by atoms with E-state index < -0.39 is 5.97 Å². The highest BCUT2D eigenvalue weighted by atomic mass is 16.5. The summed E-state index contributed by atoms with van der Waals surface area (Å²) >= 11 is 0. The minimum absolute atomic E-state index is 0.196. The van der Waals surface area contributed by atoms with Crippen LogP contribution in [-0.2, 0) is 17.8 Å². The molecule has 1 aliphatic rings. The third-order valence-corrected chi connectivity index (χ3v) is 7.37. The number of rotatable bonds is 8. The van der Waals surface area contributed by atoms with Crippen molar-refractivity contribution in [2.24, 2.45) is 5.92 Å². The van der Waals surface area contributed by atoms with Gasteiger partial charge in [0.2, 0.25) is 5.82 Å². The van der Waals surface area contributed by atoms with Gasteiger partial charge in [-0.15, -0.1) is 0 Å². The van der Waals surface area contributed by atoms with E-state index in [0.717, 1.165) is 62.1 Å². The van der Waals surface area contributed by atoms with E-state index in [1.54, 1.807) is 0 Å². The first kappa shape index (κ1) is 24.9. The third kappa shape index (κ3) is 5.34. The summed E-state index contributed by atoms with van der Waals surface area (Å²) in [4.78, 5) is 18.3. The van der Waals surface area contributed by atoms with Crippen molar-refractivity contribution in [1.82, 2.24) is 24.8 Å². The van der Waals surface area contributed by atoms with Gasteiger partial charge in [0.1, 0.15) is 0 Å². The lowest BCUT2D eigenvalue weighted by Crippen LogP contribution is -2.37. The largest absolute Gasteiger partial charge is 0.481 e. The van der Waals surface area contributed by atoms with Crippen LogP contribution < -0.4 is 0 Å². The fourth-order valence-electron chi connectivity index (χ4n) is 5.20. The van der Waals surface area contributed by atoms with Crippen molar-refractivity contribution in [3.63, 3.8) is 0 Å². The second-order valence-corrected chi connectivity index (χ2v) is 9.83. The fraction of sp³-hybridized carbons (Fsp3) is 0.379. The van der Waals surface area contributed by atoms with Crippen molar-refractivity contribution in [1.29, 1.82) is 0 Å². The summed E-state index contributed by atoms with van der Waals surface area (Å²) in [6.07, 6.45) is 4.41. The molecule has 0 atom stereocenters. The number of benzene rings is 2. The van der Waals surface area contributed by atoms with Crippen molar-refractivity contribution in [2.75, 3.05) is 19.6 Å². The molecule has 0 bridgehead atoms. The van der Waals surface area contributed by atoms with Gasteiger partial charge in [0.25, 0.3) is 5.89 Å². The van der Waals surface area contributed by atoms with Gasteiger partial charge >= 0.3 is 5.97 Å². The lowest BCUT2D eigenvalue weighted by molar-refractivity contribution is -0.143. The highest BCUT2D eigenvalue weighted by molar-refractivity contribution is 5.77. The Hall–Kier alpha value is -3.78. The first-order valence-corrected chi connectivity index (χ1v) is 13.0. The summed E-state index contributed by atoms with van der Waals surface area (Å²) < 4.78 is 7.59. The number of nitrogens with zero attached hydrogens (tertiary/aromatic N) is 5. The summed E-state index contributed by atoms with van der Waals surface area (Å²) in [6.45, 7) is 9.67. The van der Waals surface area contributed by atoms with Crippen LogP contribution in [0, 0.1) is 19.8 Å². The topological polar surface area (TPSA) is 97.3 Å². The monoisotopic (exact) mass is 499 g/mol. The average molecular weight is 500 g/mol. The van der Waals surface area contributed by atoms with Crippen LogP contribution in [0.15, 0.2) is 53.2 Å². The maximum Gasteiger partial charge on any atom is 0.306 e. The Bertz CT molecular complexity index is 1360. The first-order chi connectivity index (χ1) is 17.9. The number of aromatic nitrogens is 4. The Kier molecular flexibility index (Phi) is 7.19. The number of carbonyl (C=O) groups is 1. The summed E-state index contributed by atoms with van der Waals surface area (Å²) in [5, 5.41) is 18.2. The van der Waals surface area contributed by atoms with Gasteiger partial charge in [0.05, 0.1) is 5.92 Å². The number of aryl methyl sites for hydroxylation is 3. The number of carboxylic acid groups (broad SMARTS) is 1. The van der Waals surface area contributed by atoms with Gasteiger partial charge in [0, 0.05) is 30.4 Å². The molecule has 0 amide bonds. The van der Waals surface area contributed by atoms with E-state index in [4.69, 9.17) is 14.6 Å². The second kappa shape index (κ2) is 10.7. The van der Waals surface area contributed by atoms with Gasteiger partial charge in [-0.2, -0.15) is 10.1 Å². The van der Waals surface area contributed by atoms with Crippen LogP contribution in [0.5, 0.6) is 0 Å². The van der Waals surface area contributed by atoms with E-state index >= 15 is 0 Å². The zero-order valence-electron chi connectivity index (χ0n) is 21.6. The Morgan fingerprint density at radius 2 is 1.78 bits per heavy atom. The SMILES string of the molecule is CCn1cc(-c2ccccc2)c(-c2nc(-c3cc(C)c(CCN4CCC(C(=O)O)CC4)c(C)c3)no2)n1. The maximum atomic E-state index is 11.2. The van der Waals surface area contributed by atoms with E-state index in [-0.39, 0.29) is 5.92 Å². The number of likely N-dealkylation sites (tertiary alicyclic amines) is 1. The number of hydrogen-bond acceptors (Lipinski definition) is 6. The third-order valence-electron chi connectivity index (χ3n) is 7.37. The highest BCUT2D eigenvalue weighted by Gasteiger charge is 2.24. The van der Waals surface area contributed by atoms with Gasteiger partial charge in [-0.25, -0.2) is 0 Å². The summed E-state index contributed by atoms with van der Waals surface area (Å²) in [5.41, 5.74) is 7.34. The highest BCUT2D eigenvalue weighted by Crippen LogP contribution is 2.32. The molecule has 2 aromatic carbocycles. The van der Waals surface area contributed by atoms with E-state index in [1.165, 1.54) is 16.7 Å². The molecule has 1 N–H and O–H groups in total. The minimum Gasteiger partial charge on any atom is -0.481 e. The van der Waals surface area contributed by atoms with Gasteiger partial charge in [-0.1, -0.05) is 35.5 Å². The van der Waals surface area contributed by atoms with Crippen molar-refractivity contribution < 1.29 is 14.4 Å². The standard InChI is InChI=1S/C29H33N5O3/c1-4-34-18-25(21-8-6-5-7-9-21)26(31-34)28-30-27(32-37-28)23-16-19(2)24(20(3)17-23)12-15-33-13-10-22(11-14-33)29(35)36/h5-9,16-18,22H,4,10-15H2,1-3H3,(H,35,36). The summed E-state index contributed by atoms with van der Waals surface area (Å²) in [7, 11) is 0. The molecular weight excluding hydrogens is 466 g/mol. The van der Waals surface area contributed by atoms with E-state index in [1.807, 2.05) is 29.1 Å². The molecule has 2 aromatic heterocycles. The van der Waals surface area contributed by atoms with Crippen LogP contribution in [0.3, 0.4) is 0 Å². The van der Waals surface area contributed by atoms with E-state index in [9.17, 15) is 9.90 Å². The van der Waals surface area contributed by atoms with Crippen LogP contribution in [0.2, 0.25) is 0 Å². The molecule has 1 aliphatic heterocycles. The molecule has 1 saturated heterocycles. The molecule has 1 fully saturated rings. The molecule has 0 spiro atoms. The van der Waals surface area contributed by atoms with Gasteiger partial charge < -0.3 is 14.5 Å². The molecule has 0 radical (unpaired) electrons. The lowest BCUT2D eigenvalue weighted by atomic mass is 9.94. The maximum absolute atomic E-state index is 11.2. The number of piperidine rings is 1. The number of aliphatic carboxylic acids is 1. The quantitative estimate of drug-likeness (QED) is 0.354. The fourth-order valence-corrected chi connectivity index (χ4v) is 5.20. The van der Waals surface area contributed by atoms with Crippen LogP contribution in [0.1, 0.15) is 36.5 Å². The molecule has 0 saturated carbocycles.